The molecule has 1 saturated heterocycles. The molecule has 0 bridgehead atoms. The number of anilines is 2. The molecule has 5 nitrogen and oxygen atoms in total. The molecule has 23 heavy (non-hydrogen) atoms. The van der Waals surface area contributed by atoms with E-state index in [4.69, 9.17) is 0 Å². The zero-order valence-corrected chi connectivity index (χ0v) is 12.7. The predicted octanol–water partition coefficient (Wildman–Crippen LogP) is 3.42. The van der Waals surface area contributed by atoms with E-state index >= 15 is 0 Å². The van der Waals surface area contributed by atoms with Crippen LogP contribution in [0.5, 0.6) is 0 Å². The van der Waals surface area contributed by atoms with E-state index in [0.29, 0.717) is 5.56 Å². The number of imidazole rings is 1. The lowest BCUT2D eigenvalue weighted by atomic mass is 10.1. The van der Waals surface area contributed by atoms with E-state index in [1.165, 1.54) is 18.5 Å². The van der Waals surface area contributed by atoms with Crippen LogP contribution in [-0.2, 0) is 0 Å². The average Bonchev–Trinajstić information content (AvgIpc) is 3.26. The highest BCUT2D eigenvalue weighted by atomic mass is 16.1. The Hall–Kier alpha value is -2.82. The summed E-state index contributed by atoms with van der Waals surface area (Å²) in [5.41, 5.74) is 4.41. The lowest BCUT2D eigenvalue weighted by molar-refractivity contribution is 0.102. The van der Waals surface area contributed by atoms with Crippen LogP contribution in [0.3, 0.4) is 0 Å². The molecule has 2 heterocycles. The minimum absolute atomic E-state index is 0.100. The summed E-state index contributed by atoms with van der Waals surface area (Å²) in [6.07, 6.45) is 4.14. The van der Waals surface area contributed by atoms with Gasteiger partial charge in [-0.2, -0.15) is 0 Å². The van der Waals surface area contributed by atoms with Crippen molar-refractivity contribution in [3.05, 3.63) is 54.4 Å². The average molecular weight is 306 g/mol. The van der Waals surface area contributed by atoms with E-state index in [9.17, 15) is 4.79 Å². The van der Waals surface area contributed by atoms with Crippen LogP contribution in [0.2, 0.25) is 0 Å². The lowest BCUT2D eigenvalue weighted by Gasteiger charge is -2.17. The molecule has 1 aliphatic heterocycles. The van der Waals surface area contributed by atoms with Crippen molar-refractivity contribution in [2.45, 2.75) is 12.8 Å². The summed E-state index contributed by atoms with van der Waals surface area (Å²) in [5.74, 6) is -0.100. The van der Waals surface area contributed by atoms with Crippen LogP contribution in [0.1, 0.15) is 23.2 Å². The number of hydrogen-bond donors (Lipinski definition) is 2. The van der Waals surface area contributed by atoms with Crippen LogP contribution >= 0.6 is 0 Å². The minimum Gasteiger partial charge on any atom is -0.372 e. The van der Waals surface area contributed by atoms with Gasteiger partial charge in [-0.05, 0) is 55.3 Å². The molecule has 0 aliphatic carbocycles. The van der Waals surface area contributed by atoms with E-state index in [1.54, 1.807) is 6.33 Å². The zero-order chi connectivity index (χ0) is 15.6. The topological polar surface area (TPSA) is 61.0 Å². The van der Waals surface area contributed by atoms with Crippen LogP contribution < -0.4 is 10.2 Å². The van der Waals surface area contributed by atoms with Crippen molar-refractivity contribution in [1.82, 2.24) is 9.97 Å². The Kier molecular flexibility index (Phi) is 3.46. The van der Waals surface area contributed by atoms with Gasteiger partial charge in [-0.25, -0.2) is 4.98 Å². The third kappa shape index (κ3) is 2.77. The summed E-state index contributed by atoms with van der Waals surface area (Å²) in [5, 5.41) is 2.93. The minimum atomic E-state index is -0.100. The lowest BCUT2D eigenvalue weighted by Crippen LogP contribution is -2.18. The largest absolute Gasteiger partial charge is 0.372 e. The Morgan fingerprint density at radius 1 is 1.09 bits per heavy atom. The molecule has 0 atom stereocenters. The first-order valence-corrected chi connectivity index (χ1v) is 7.89. The van der Waals surface area contributed by atoms with Crippen molar-refractivity contribution in [1.29, 1.82) is 0 Å². The van der Waals surface area contributed by atoms with Gasteiger partial charge in [0.1, 0.15) is 0 Å². The van der Waals surface area contributed by atoms with Crippen molar-refractivity contribution in [3.8, 4) is 0 Å². The predicted molar refractivity (Wildman–Crippen MR) is 91.9 cm³/mol. The second kappa shape index (κ2) is 5.76. The summed E-state index contributed by atoms with van der Waals surface area (Å²) >= 11 is 0. The van der Waals surface area contributed by atoms with Crippen molar-refractivity contribution in [2.75, 3.05) is 23.3 Å². The van der Waals surface area contributed by atoms with Crippen molar-refractivity contribution < 1.29 is 4.79 Å². The fourth-order valence-corrected chi connectivity index (χ4v) is 3.02. The summed E-state index contributed by atoms with van der Waals surface area (Å²) in [6, 6.07) is 13.5. The van der Waals surface area contributed by atoms with E-state index in [1.807, 2.05) is 42.5 Å². The Morgan fingerprint density at radius 3 is 2.65 bits per heavy atom. The third-order valence-electron chi connectivity index (χ3n) is 4.28. The number of nitrogens with one attached hydrogen (secondary N) is 2. The Morgan fingerprint density at radius 2 is 1.87 bits per heavy atom. The number of benzene rings is 2. The molecule has 0 radical (unpaired) electrons. The van der Waals surface area contributed by atoms with Crippen molar-refractivity contribution in [3.63, 3.8) is 0 Å². The number of nitrogens with zero attached hydrogens (tertiary/aromatic N) is 2. The quantitative estimate of drug-likeness (QED) is 0.779. The normalized spacial score (nSPS) is 14.3. The maximum absolute atomic E-state index is 12.4. The summed E-state index contributed by atoms with van der Waals surface area (Å²) < 4.78 is 0. The molecule has 1 aliphatic rings. The Bertz CT molecular complexity index is 832. The van der Waals surface area contributed by atoms with Crippen LogP contribution in [0.15, 0.2) is 48.8 Å². The van der Waals surface area contributed by atoms with Crippen molar-refractivity contribution in [2.24, 2.45) is 0 Å². The second-order valence-corrected chi connectivity index (χ2v) is 5.83. The van der Waals surface area contributed by atoms with Gasteiger partial charge in [-0.15, -0.1) is 0 Å². The van der Waals surface area contributed by atoms with Crippen molar-refractivity contribution >= 4 is 28.3 Å². The van der Waals surface area contributed by atoms with E-state index < -0.39 is 0 Å². The standard InChI is InChI=1S/C18H18N4O/c23-18(21-14-5-8-16-17(11-14)20-12-19-16)13-3-6-15(7-4-13)22-9-1-2-10-22/h3-8,11-12H,1-2,9-10H2,(H,19,20)(H,21,23). The summed E-state index contributed by atoms with van der Waals surface area (Å²) in [6.45, 7) is 2.21. The number of hydrogen-bond acceptors (Lipinski definition) is 3. The van der Waals surface area contributed by atoms with E-state index in [2.05, 4.69) is 20.2 Å². The molecule has 1 fully saturated rings. The number of amides is 1. The molecule has 0 saturated carbocycles. The Balaban J connectivity index is 1.49. The maximum atomic E-state index is 12.4. The first kappa shape index (κ1) is 13.8. The monoisotopic (exact) mass is 306 g/mol. The molecule has 2 N–H and O–H groups in total. The molecule has 2 aromatic carbocycles. The van der Waals surface area contributed by atoms with Gasteiger partial charge in [0.2, 0.25) is 0 Å². The highest BCUT2D eigenvalue weighted by Gasteiger charge is 2.13. The molecular formula is C18H18N4O. The molecule has 1 aromatic heterocycles. The fourth-order valence-electron chi connectivity index (χ4n) is 3.02. The molecule has 4 rings (SSSR count). The van der Waals surface area contributed by atoms with Gasteiger partial charge in [-0.3, -0.25) is 4.79 Å². The summed E-state index contributed by atoms with van der Waals surface area (Å²) in [7, 11) is 0. The van der Waals surface area contributed by atoms with E-state index in [0.717, 1.165) is 29.8 Å². The molecule has 0 unspecified atom stereocenters. The van der Waals surface area contributed by atoms with Gasteiger partial charge in [0.15, 0.2) is 0 Å². The van der Waals surface area contributed by atoms with Gasteiger partial charge in [-0.1, -0.05) is 0 Å². The highest BCUT2D eigenvalue weighted by molar-refractivity contribution is 6.05. The van der Waals surface area contributed by atoms with Crippen LogP contribution in [0, 0.1) is 0 Å². The van der Waals surface area contributed by atoms with Gasteiger partial charge in [0.05, 0.1) is 17.4 Å². The SMILES string of the molecule is O=C(Nc1ccc2nc[nH]c2c1)c1ccc(N2CCCC2)cc1. The zero-order valence-electron chi connectivity index (χ0n) is 12.7. The molecule has 0 spiro atoms. The van der Waals surface area contributed by atoms with E-state index in [-0.39, 0.29) is 5.91 Å². The maximum Gasteiger partial charge on any atom is 0.255 e. The first-order valence-electron chi connectivity index (χ1n) is 7.89. The molecule has 1 amide bonds. The third-order valence-corrected chi connectivity index (χ3v) is 4.28. The number of aromatic amines is 1. The number of H-pyrrole nitrogens is 1. The van der Waals surface area contributed by atoms with Gasteiger partial charge >= 0.3 is 0 Å². The summed E-state index contributed by atoms with van der Waals surface area (Å²) in [4.78, 5) is 21.9. The second-order valence-electron chi connectivity index (χ2n) is 5.83. The Labute approximate surface area is 134 Å². The van der Waals surface area contributed by atoms with Crippen LogP contribution in [-0.4, -0.2) is 29.0 Å². The molecular weight excluding hydrogens is 288 g/mol. The first-order chi connectivity index (χ1) is 11.3. The van der Waals surface area contributed by atoms with Crippen LogP contribution in [0.4, 0.5) is 11.4 Å². The number of carbonyl (C=O) groups excluding carboxylic acids is 1. The van der Waals surface area contributed by atoms with Gasteiger partial charge in [0, 0.05) is 30.0 Å². The smallest absolute Gasteiger partial charge is 0.255 e. The molecule has 5 heteroatoms. The molecule has 3 aromatic rings. The number of aromatic nitrogens is 2. The molecule has 116 valence electrons. The fraction of sp³-hybridized carbons (Fsp3) is 0.222. The highest BCUT2D eigenvalue weighted by Crippen LogP contribution is 2.21. The number of rotatable bonds is 3. The van der Waals surface area contributed by atoms with Gasteiger partial charge < -0.3 is 15.2 Å². The van der Waals surface area contributed by atoms with Gasteiger partial charge in [0.25, 0.3) is 5.91 Å². The number of carbonyl (C=O) groups is 1. The number of fused-ring (bicyclic) bond motifs is 1. The van der Waals surface area contributed by atoms with Crippen LogP contribution in [0.25, 0.3) is 11.0 Å².